The average molecular weight is 672 g/mol. The van der Waals surface area contributed by atoms with Crippen LogP contribution in [0.1, 0.15) is 84.3 Å². The van der Waals surface area contributed by atoms with Crippen molar-refractivity contribution in [3.8, 4) is 0 Å². The SMILES string of the molecule is C.CCCCC[CH-]C(C)(C)c1ccccc1/C=C/[C@@H](O)[C@@H](O)CCCC(=O)OC.[Y].[Y].[Y]. The number of carbonyl (C=O) groups excluding carboxylic acids is 1. The van der Waals surface area contributed by atoms with E-state index in [1.165, 1.54) is 31.9 Å². The second-order valence-electron chi connectivity index (χ2n) is 7.89. The van der Waals surface area contributed by atoms with Crippen LogP contribution in [0.15, 0.2) is 30.3 Å². The molecule has 0 bridgehead atoms. The third kappa shape index (κ3) is 16.4. The van der Waals surface area contributed by atoms with Crippen molar-refractivity contribution in [2.24, 2.45) is 0 Å². The van der Waals surface area contributed by atoms with Crippen LogP contribution >= 0.6 is 0 Å². The number of methoxy groups -OCH3 is 1. The van der Waals surface area contributed by atoms with Crippen LogP contribution in [-0.4, -0.2) is 35.5 Å². The Hall–Kier alpha value is 1.66. The number of rotatable bonds is 13. The molecule has 1 aromatic carbocycles. The van der Waals surface area contributed by atoms with Crippen molar-refractivity contribution in [1.29, 1.82) is 0 Å². The quantitative estimate of drug-likeness (QED) is 0.166. The van der Waals surface area contributed by atoms with Gasteiger partial charge in [-0.15, -0.1) is 5.41 Å². The molecule has 0 aromatic heterocycles. The Bertz CT molecular complexity index is 621. The molecule has 0 heterocycles. The van der Waals surface area contributed by atoms with Crippen molar-refractivity contribution in [3.63, 3.8) is 0 Å². The first kappa shape index (κ1) is 40.8. The van der Waals surface area contributed by atoms with E-state index < -0.39 is 12.2 Å². The third-order valence-corrected chi connectivity index (χ3v) is 5.09. The molecule has 7 heteroatoms. The molecular weight excluding hydrogens is 631 g/mol. The summed E-state index contributed by atoms with van der Waals surface area (Å²) in [6, 6.07) is 8.17. The minimum Gasteiger partial charge on any atom is -0.469 e. The molecule has 0 fully saturated rings. The summed E-state index contributed by atoms with van der Waals surface area (Å²) in [6.45, 7) is 6.63. The van der Waals surface area contributed by atoms with Crippen molar-refractivity contribution in [2.45, 2.75) is 90.8 Å². The largest absolute Gasteiger partial charge is 0.469 e. The number of hydrogen-bond donors (Lipinski definition) is 2. The maximum absolute atomic E-state index is 11.1. The molecule has 0 aliphatic rings. The van der Waals surface area contributed by atoms with E-state index in [0.717, 1.165) is 12.0 Å². The molecule has 2 N–H and O–H groups in total. The van der Waals surface area contributed by atoms with E-state index in [4.69, 9.17) is 0 Å². The summed E-state index contributed by atoms with van der Waals surface area (Å²) >= 11 is 0. The Balaban J connectivity index is -0.000000980. The van der Waals surface area contributed by atoms with Crippen LogP contribution in [0.3, 0.4) is 0 Å². The second kappa shape index (κ2) is 23.1. The molecule has 175 valence electrons. The zero-order valence-corrected chi connectivity index (χ0v) is 28.1. The van der Waals surface area contributed by atoms with Gasteiger partial charge in [0.1, 0.15) is 0 Å². The molecule has 4 nitrogen and oxygen atoms in total. The molecule has 0 spiro atoms. The van der Waals surface area contributed by atoms with Gasteiger partial charge >= 0.3 is 5.97 Å². The standard InChI is InChI=1S/C24H37O4.CH4.3Y/c1-5-6-7-10-18-24(2,3)20-13-9-8-12-19(20)16-17-22(26)21(25)14-11-15-23(27)28-4;;;;/h8-9,12-13,16-18,21-22,25-26H,5-7,10-11,14-15H2,1-4H3;1H4;;;/q-1;;;;/b17-16+;;;;/t21-,22+;;;;/m0..../s1. The second-order valence-corrected chi connectivity index (χ2v) is 7.89. The maximum Gasteiger partial charge on any atom is 0.305 e. The molecular formula is C25H41O4Y3-. The third-order valence-electron chi connectivity index (χ3n) is 5.09. The van der Waals surface area contributed by atoms with E-state index in [1.54, 1.807) is 6.08 Å². The molecule has 1 rings (SSSR count). The van der Waals surface area contributed by atoms with Gasteiger partial charge in [-0.05, 0) is 18.4 Å². The Kier molecular flexibility index (Phi) is 29.4. The van der Waals surface area contributed by atoms with Crippen LogP contribution < -0.4 is 0 Å². The van der Waals surface area contributed by atoms with Gasteiger partial charge in [0.2, 0.25) is 0 Å². The number of unbranched alkanes of at least 4 members (excludes halogenated alkanes) is 3. The summed E-state index contributed by atoms with van der Waals surface area (Å²) < 4.78 is 4.58. The topological polar surface area (TPSA) is 66.8 Å². The molecule has 0 aliphatic carbocycles. The molecule has 0 saturated heterocycles. The predicted molar refractivity (Wildman–Crippen MR) is 122 cm³/mol. The monoisotopic (exact) mass is 672 g/mol. The fourth-order valence-electron chi connectivity index (χ4n) is 3.26. The molecule has 3 radical (unpaired) electrons. The van der Waals surface area contributed by atoms with Crippen molar-refractivity contribution in [3.05, 3.63) is 47.9 Å². The van der Waals surface area contributed by atoms with Gasteiger partial charge in [-0.1, -0.05) is 89.4 Å². The molecule has 0 unspecified atom stereocenters. The Labute approximate surface area is 272 Å². The smallest absolute Gasteiger partial charge is 0.305 e. The number of hydrogen-bond acceptors (Lipinski definition) is 4. The van der Waals surface area contributed by atoms with Crippen molar-refractivity contribution in [1.82, 2.24) is 0 Å². The van der Waals surface area contributed by atoms with E-state index in [-0.39, 0.29) is 123 Å². The maximum atomic E-state index is 11.1. The fourth-order valence-corrected chi connectivity index (χ4v) is 3.26. The molecule has 0 aliphatic heterocycles. The minimum absolute atomic E-state index is 0. The number of carbonyl (C=O) groups is 1. The van der Waals surface area contributed by atoms with Crippen LogP contribution in [0, 0.1) is 6.42 Å². The van der Waals surface area contributed by atoms with Gasteiger partial charge in [0.15, 0.2) is 0 Å². The van der Waals surface area contributed by atoms with Crippen LogP contribution in [0.5, 0.6) is 0 Å². The van der Waals surface area contributed by atoms with Gasteiger partial charge in [-0.3, -0.25) is 4.79 Å². The predicted octanol–water partition coefficient (Wildman–Crippen LogP) is 5.46. The first-order valence-electron chi connectivity index (χ1n) is 10.4. The van der Waals surface area contributed by atoms with E-state index in [1.807, 2.05) is 24.3 Å². The van der Waals surface area contributed by atoms with Crippen molar-refractivity contribution >= 4 is 12.0 Å². The number of esters is 1. The average Bonchev–Trinajstić information content (AvgIpc) is 2.69. The number of ether oxygens (including phenoxy) is 1. The Morgan fingerprint density at radius 1 is 1.12 bits per heavy atom. The summed E-state index contributed by atoms with van der Waals surface area (Å²) in [5.41, 5.74) is 2.17. The van der Waals surface area contributed by atoms with Crippen molar-refractivity contribution in [2.75, 3.05) is 7.11 Å². The zero-order valence-electron chi connectivity index (χ0n) is 19.6. The summed E-state index contributed by atoms with van der Waals surface area (Å²) in [5, 5.41) is 20.4. The van der Waals surface area contributed by atoms with Crippen LogP contribution in [0.25, 0.3) is 6.08 Å². The fraction of sp³-hybridized carbons (Fsp3) is 0.600. The van der Waals surface area contributed by atoms with Crippen LogP contribution in [-0.2, 0) is 113 Å². The van der Waals surface area contributed by atoms with E-state index in [9.17, 15) is 15.0 Å². The van der Waals surface area contributed by atoms with Crippen LogP contribution in [0.2, 0.25) is 0 Å². The molecule has 0 amide bonds. The Morgan fingerprint density at radius 3 is 2.34 bits per heavy atom. The van der Waals surface area contributed by atoms with Gasteiger partial charge in [-0.25, -0.2) is 0 Å². The summed E-state index contributed by atoms with van der Waals surface area (Å²) in [5.74, 6) is -0.302. The number of aliphatic hydroxyl groups excluding tert-OH is 2. The summed E-state index contributed by atoms with van der Waals surface area (Å²) in [4.78, 5) is 11.1. The van der Waals surface area contributed by atoms with Gasteiger partial charge in [0.25, 0.3) is 0 Å². The molecule has 1 aromatic rings. The van der Waals surface area contributed by atoms with E-state index in [0.29, 0.717) is 12.8 Å². The zero-order chi connectivity index (χ0) is 21.0. The van der Waals surface area contributed by atoms with Gasteiger partial charge in [0.05, 0.1) is 19.3 Å². The first-order valence-corrected chi connectivity index (χ1v) is 10.4. The van der Waals surface area contributed by atoms with Gasteiger partial charge < -0.3 is 21.4 Å². The van der Waals surface area contributed by atoms with E-state index in [2.05, 4.69) is 38.0 Å². The molecule has 0 saturated carbocycles. The summed E-state index contributed by atoms with van der Waals surface area (Å²) in [6.07, 6.45) is 9.83. The van der Waals surface area contributed by atoms with Gasteiger partial charge in [-0.2, -0.15) is 6.42 Å². The molecule has 2 atom stereocenters. The van der Waals surface area contributed by atoms with Crippen molar-refractivity contribution < 1.29 is 118 Å². The van der Waals surface area contributed by atoms with E-state index >= 15 is 0 Å². The normalized spacial score (nSPS) is 12.4. The number of aliphatic hydroxyl groups is 2. The first-order chi connectivity index (χ1) is 13.3. The molecule has 32 heavy (non-hydrogen) atoms. The summed E-state index contributed by atoms with van der Waals surface area (Å²) in [7, 11) is 1.34. The Morgan fingerprint density at radius 2 is 1.75 bits per heavy atom. The van der Waals surface area contributed by atoms with Gasteiger partial charge in [0, 0.05) is 105 Å². The number of benzene rings is 1. The van der Waals surface area contributed by atoms with Crippen LogP contribution in [0.4, 0.5) is 0 Å². The minimum atomic E-state index is -0.970.